The van der Waals surface area contributed by atoms with Crippen molar-refractivity contribution in [2.75, 3.05) is 6.54 Å². The summed E-state index contributed by atoms with van der Waals surface area (Å²) in [5, 5.41) is 0. The highest BCUT2D eigenvalue weighted by Crippen LogP contribution is 2.40. The van der Waals surface area contributed by atoms with Gasteiger partial charge in [0.05, 0.1) is 17.5 Å². The minimum atomic E-state index is -4.18. The van der Waals surface area contributed by atoms with Gasteiger partial charge in [-0.2, -0.15) is 0 Å². The Morgan fingerprint density at radius 3 is 1.79 bits per heavy atom. The summed E-state index contributed by atoms with van der Waals surface area (Å²) in [5.74, 6) is -0.522. The molecule has 192 valence electrons. The Morgan fingerprint density at radius 2 is 1.44 bits per heavy atom. The molecule has 0 N–H and O–H groups in total. The number of imide groups is 1. The summed E-state index contributed by atoms with van der Waals surface area (Å²) in [5.41, 5.74) is 2.07. The van der Waals surface area contributed by atoms with Gasteiger partial charge in [0, 0.05) is 5.92 Å². The molecule has 1 fully saturated rings. The molecule has 34 heavy (non-hydrogen) atoms. The van der Waals surface area contributed by atoms with Gasteiger partial charge in [0.1, 0.15) is 0 Å². The lowest BCUT2D eigenvalue weighted by Gasteiger charge is -2.33. The molecule has 0 bridgehead atoms. The maximum Gasteiger partial charge on any atom is 0.341 e. The third-order valence-corrected chi connectivity index (χ3v) is 8.84. The number of carbonyl (C=O) groups excluding carboxylic acids is 2. The maximum absolute atomic E-state index is 14.2. The summed E-state index contributed by atoms with van der Waals surface area (Å²) < 4.78 is 29.4. The van der Waals surface area contributed by atoms with Gasteiger partial charge in [0.25, 0.3) is 10.0 Å². The molecular formula is C27H44N2O4S. The minimum Gasteiger partial charge on any atom is -0.274 e. The first-order valence-corrected chi connectivity index (χ1v) is 14.0. The van der Waals surface area contributed by atoms with Gasteiger partial charge in [-0.1, -0.05) is 88.3 Å². The number of sulfonamides is 1. The van der Waals surface area contributed by atoms with Crippen molar-refractivity contribution in [2.45, 2.75) is 111 Å². The molecule has 1 aliphatic heterocycles. The van der Waals surface area contributed by atoms with E-state index in [1.54, 1.807) is 6.92 Å². The molecular weight excluding hydrogens is 448 g/mol. The Labute approximate surface area is 207 Å². The first kappa shape index (κ1) is 28.3. The fraction of sp³-hybridized carbons (Fsp3) is 0.704. The molecule has 0 unspecified atom stereocenters. The number of amides is 3. The third-order valence-electron chi connectivity index (χ3n) is 6.97. The number of hydrogen-bond acceptors (Lipinski definition) is 4. The van der Waals surface area contributed by atoms with Crippen LogP contribution in [0, 0.1) is 11.3 Å². The van der Waals surface area contributed by atoms with Gasteiger partial charge in [-0.3, -0.25) is 9.69 Å². The smallest absolute Gasteiger partial charge is 0.274 e. The zero-order valence-electron chi connectivity index (χ0n) is 22.9. The second kappa shape index (κ2) is 10.00. The van der Waals surface area contributed by atoms with E-state index in [9.17, 15) is 18.0 Å². The number of benzene rings is 1. The average molecular weight is 493 g/mol. The van der Waals surface area contributed by atoms with Gasteiger partial charge in [0.15, 0.2) is 0 Å². The van der Waals surface area contributed by atoms with E-state index >= 15 is 0 Å². The lowest BCUT2D eigenvalue weighted by Crippen LogP contribution is -2.48. The fourth-order valence-electron chi connectivity index (χ4n) is 4.39. The van der Waals surface area contributed by atoms with Crippen LogP contribution in [-0.4, -0.2) is 42.1 Å². The number of urea groups is 1. The molecule has 1 aliphatic rings. The van der Waals surface area contributed by atoms with Crippen LogP contribution < -0.4 is 0 Å². The van der Waals surface area contributed by atoms with Gasteiger partial charge in [0.2, 0.25) is 5.91 Å². The summed E-state index contributed by atoms with van der Waals surface area (Å²) in [7, 11) is -4.18. The van der Waals surface area contributed by atoms with E-state index < -0.39 is 27.5 Å². The molecule has 0 aliphatic carbocycles. The van der Waals surface area contributed by atoms with Gasteiger partial charge < -0.3 is 0 Å². The molecule has 2 rings (SSSR count). The Bertz CT molecular complexity index is 1010. The molecule has 0 aromatic heterocycles. The van der Waals surface area contributed by atoms with Gasteiger partial charge >= 0.3 is 6.03 Å². The normalized spacial score (nSPS) is 18.5. The van der Waals surface area contributed by atoms with Crippen molar-refractivity contribution in [1.29, 1.82) is 0 Å². The Balaban J connectivity index is 2.77. The number of hydrogen-bond donors (Lipinski definition) is 0. The lowest BCUT2D eigenvalue weighted by atomic mass is 9.86. The van der Waals surface area contributed by atoms with Crippen molar-refractivity contribution in [3.05, 3.63) is 28.8 Å². The number of carbonyl (C=O) groups is 2. The van der Waals surface area contributed by atoms with Crippen molar-refractivity contribution in [2.24, 2.45) is 11.3 Å². The lowest BCUT2D eigenvalue weighted by molar-refractivity contribution is -0.134. The second-order valence-electron chi connectivity index (χ2n) is 11.7. The highest BCUT2D eigenvalue weighted by molar-refractivity contribution is 7.89. The molecule has 3 amide bonds. The SMILES string of the molecule is CC[C@H](C)C(=O)N1C(=O)N(S(=O)(=O)c2c(C(C)C)cc(C(C)C)cc2C(C)C)C[C@H]1C(C)(C)C. The van der Waals surface area contributed by atoms with Gasteiger partial charge in [-0.05, 0) is 46.3 Å². The summed E-state index contributed by atoms with van der Waals surface area (Å²) >= 11 is 0. The molecule has 1 saturated heterocycles. The topological polar surface area (TPSA) is 74.8 Å². The van der Waals surface area contributed by atoms with Gasteiger partial charge in [-0.15, -0.1) is 0 Å². The first-order chi connectivity index (χ1) is 15.5. The van der Waals surface area contributed by atoms with Gasteiger partial charge in [-0.25, -0.2) is 17.5 Å². The van der Waals surface area contributed by atoms with E-state index in [2.05, 4.69) is 13.8 Å². The summed E-state index contributed by atoms with van der Waals surface area (Å²) in [4.78, 5) is 28.3. The molecule has 1 heterocycles. The van der Waals surface area contributed by atoms with Crippen LogP contribution in [0.3, 0.4) is 0 Å². The molecule has 0 saturated carbocycles. The van der Waals surface area contributed by atoms with Crippen LogP contribution in [0.2, 0.25) is 0 Å². The highest BCUT2D eigenvalue weighted by Gasteiger charge is 2.52. The Kier molecular flexibility index (Phi) is 8.34. The minimum absolute atomic E-state index is 0.0339. The van der Waals surface area contributed by atoms with Crippen molar-refractivity contribution in [3.8, 4) is 0 Å². The van der Waals surface area contributed by atoms with Crippen LogP contribution in [0.15, 0.2) is 17.0 Å². The van der Waals surface area contributed by atoms with Crippen LogP contribution in [0.1, 0.15) is 117 Å². The van der Waals surface area contributed by atoms with Crippen molar-refractivity contribution >= 4 is 22.0 Å². The van der Waals surface area contributed by atoms with E-state index in [1.807, 2.05) is 67.5 Å². The highest BCUT2D eigenvalue weighted by atomic mass is 32.2. The Hall–Kier alpha value is -1.89. The third kappa shape index (κ3) is 5.19. The summed E-state index contributed by atoms with van der Waals surface area (Å²) in [6.45, 7) is 21.5. The molecule has 1 aromatic rings. The predicted molar refractivity (Wildman–Crippen MR) is 138 cm³/mol. The number of rotatable bonds is 7. The summed E-state index contributed by atoms with van der Waals surface area (Å²) in [6.07, 6.45) is 0.581. The van der Waals surface area contributed by atoms with Crippen LogP contribution in [0.25, 0.3) is 0 Å². The molecule has 7 heteroatoms. The molecule has 1 aromatic carbocycles. The Morgan fingerprint density at radius 1 is 0.971 bits per heavy atom. The largest absolute Gasteiger partial charge is 0.341 e. The van der Waals surface area contributed by atoms with E-state index in [0.717, 1.165) is 21.0 Å². The second-order valence-corrected chi connectivity index (χ2v) is 13.5. The predicted octanol–water partition coefficient (Wildman–Crippen LogP) is 6.47. The van der Waals surface area contributed by atoms with Crippen molar-refractivity contribution in [3.63, 3.8) is 0 Å². The molecule has 0 radical (unpaired) electrons. The fourth-order valence-corrected chi connectivity index (χ4v) is 6.43. The van der Waals surface area contributed by atoms with E-state index in [1.165, 1.54) is 4.90 Å². The van der Waals surface area contributed by atoms with Crippen molar-refractivity contribution < 1.29 is 18.0 Å². The molecule has 0 spiro atoms. The van der Waals surface area contributed by atoms with Crippen LogP contribution in [0.4, 0.5) is 4.79 Å². The van der Waals surface area contributed by atoms with E-state index in [0.29, 0.717) is 6.42 Å². The molecule has 2 atom stereocenters. The van der Waals surface area contributed by atoms with Crippen LogP contribution >= 0.6 is 0 Å². The first-order valence-electron chi connectivity index (χ1n) is 12.5. The maximum atomic E-state index is 14.2. The quantitative estimate of drug-likeness (QED) is 0.437. The van der Waals surface area contributed by atoms with Crippen LogP contribution in [0.5, 0.6) is 0 Å². The van der Waals surface area contributed by atoms with Crippen molar-refractivity contribution in [1.82, 2.24) is 9.21 Å². The zero-order chi connectivity index (χ0) is 26.3. The van der Waals surface area contributed by atoms with E-state index in [4.69, 9.17) is 0 Å². The zero-order valence-corrected chi connectivity index (χ0v) is 23.7. The standard InChI is InChI=1S/C27H44N2O4S/c1-12-19(8)25(30)29-23(27(9,10)11)15-28(26(29)31)34(32,33)24-21(17(4)5)13-20(16(2)3)14-22(24)18(6)7/h13-14,16-19,23H,12,15H2,1-11H3/t19-,23-/m0/s1. The van der Waals surface area contributed by atoms with Crippen LogP contribution in [-0.2, 0) is 14.8 Å². The van der Waals surface area contributed by atoms with E-state index in [-0.39, 0.29) is 41.0 Å². The number of nitrogens with zero attached hydrogens (tertiary/aromatic N) is 2. The average Bonchev–Trinajstić information content (AvgIpc) is 3.09. The monoisotopic (exact) mass is 492 g/mol. The molecule has 6 nitrogen and oxygen atoms in total. The summed E-state index contributed by atoms with van der Waals surface area (Å²) in [6, 6.07) is 2.68.